The van der Waals surface area contributed by atoms with Crippen molar-refractivity contribution in [1.82, 2.24) is 15.2 Å². The number of alkyl halides is 2. The zero-order valence-corrected chi connectivity index (χ0v) is 20.5. The Kier molecular flexibility index (Phi) is 7.96. The summed E-state index contributed by atoms with van der Waals surface area (Å²) in [6.07, 6.45) is 5.33. The third kappa shape index (κ3) is 6.32. The van der Waals surface area contributed by atoms with Gasteiger partial charge in [0.15, 0.2) is 11.5 Å². The van der Waals surface area contributed by atoms with E-state index in [4.69, 9.17) is 27.9 Å². The first-order valence-corrected chi connectivity index (χ1v) is 12.0. The Balaban J connectivity index is 1.49. The molecular formula is C24H25Cl2F2N3O4. The lowest BCUT2D eigenvalue weighted by Gasteiger charge is -2.22. The smallest absolute Gasteiger partial charge is 0.387 e. The van der Waals surface area contributed by atoms with Crippen LogP contribution in [0.2, 0.25) is 10.0 Å². The van der Waals surface area contributed by atoms with Gasteiger partial charge in [0.25, 0.3) is 0 Å². The molecule has 1 saturated heterocycles. The summed E-state index contributed by atoms with van der Waals surface area (Å²) in [6, 6.07) is 4.08. The van der Waals surface area contributed by atoms with Gasteiger partial charge in [-0.25, -0.2) is 0 Å². The fraction of sp³-hybridized carbons (Fsp3) is 0.458. The number of amides is 2. The Morgan fingerprint density at radius 2 is 1.91 bits per heavy atom. The summed E-state index contributed by atoms with van der Waals surface area (Å²) in [6.45, 7) is -0.743. The normalized spacial score (nSPS) is 19.7. The topological polar surface area (TPSA) is 80.8 Å². The van der Waals surface area contributed by atoms with Crippen LogP contribution in [-0.4, -0.2) is 47.5 Å². The van der Waals surface area contributed by atoms with Gasteiger partial charge in [-0.15, -0.1) is 0 Å². The van der Waals surface area contributed by atoms with Gasteiger partial charge in [-0.1, -0.05) is 29.3 Å². The van der Waals surface area contributed by atoms with Gasteiger partial charge in [0, 0.05) is 43.9 Å². The van der Waals surface area contributed by atoms with E-state index >= 15 is 0 Å². The number of halogens is 4. The highest BCUT2D eigenvalue weighted by Gasteiger charge is 2.39. The zero-order valence-electron chi connectivity index (χ0n) is 19.0. The van der Waals surface area contributed by atoms with Gasteiger partial charge in [0.05, 0.1) is 16.7 Å². The standard InChI is InChI=1S/C24H25Cl2F2N3O4/c1-13(32)31-11-16(6-20(31)23(33)30-8-17-18(25)9-29-10-19(17)26)15-4-5-21(35-24(27)28)22(7-15)34-12-14-2-3-14/h4-5,7,9-10,14,16,20,24H,2-3,6,8,11-12H2,1H3,(H,30,33)/t16?,20-/m1/s1. The Hall–Kier alpha value is -2.65. The minimum Gasteiger partial charge on any atom is -0.489 e. The van der Waals surface area contributed by atoms with E-state index in [9.17, 15) is 18.4 Å². The van der Waals surface area contributed by atoms with Crippen LogP contribution in [0.5, 0.6) is 11.5 Å². The third-order valence-electron chi connectivity index (χ3n) is 6.23. The van der Waals surface area contributed by atoms with E-state index < -0.39 is 12.7 Å². The Morgan fingerprint density at radius 1 is 1.20 bits per heavy atom. The maximum atomic E-state index is 13.0. The number of benzene rings is 1. The predicted octanol–water partition coefficient (Wildman–Crippen LogP) is 4.80. The molecule has 1 aromatic carbocycles. The van der Waals surface area contributed by atoms with Crippen molar-refractivity contribution in [2.75, 3.05) is 13.2 Å². The number of likely N-dealkylation sites (tertiary alicyclic amines) is 1. The lowest BCUT2D eigenvalue weighted by molar-refractivity contribution is -0.136. The lowest BCUT2D eigenvalue weighted by Crippen LogP contribution is -2.44. The molecule has 2 atom stereocenters. The largest absolute Gasteiger partial charge is 0.489 e. The maximum absolute atomic E-state index is 13.0. The Bertz CT molecular complexity index is 1080. The van der Waals surface area contributed by atoms with Gasteiger partial charge in [-0.05, 0) is 42.9 Å². The number of rotatable bonds is 9. The summed E-state index contributed by atoms with van der Waals surface area (Å²) in [5.74, 6) is -0.144. The van der Waals surface area contributed by atoms with Crippen LogP contribution in [0, 0.1) is 5.92 Å². The number of nitrogens with zero attached hydrogens (tertiary/aromatic N) is 2. The molecule has 1 aliphatic carbocycles. The molecule has 2 aromatic rings. The molecule has 1 aliphatic heterocycles. The van der Waals surface area contributed by atoms with Gasteiger partial charge >= 0.3 is 6.61 Å². The molecule has 1 saturated carbocycles. The van der Waals surface area contributed by atoms with Crippen LogP contribution < -0.4 is 14.8 Å². The summed E-state index contributed by atoms with van der Waals surface area (Å²) < 4.78 is 36.1. The van der Waals surface area contributed by atoms with Gasteiger partial charge < -0.3 is 19.7 Å². The number of hydrogen-bond acceptors (Lipinski definition) is 5. The first-order chi connectivity index (χ1) is 16.7. The van der Waals surface area contributed by atoms with E-state index in [2.05, 4.69) is 15.0 Å². The van der Waals surface area contributed by atoms with Crippen LogP contribution in [0.3, 0.4) is 0 Å². The van der Waals surface area contributed by atoms with Crippen LogP contribution in [0.25, 0.3) is 0 Å². The monoisotopic (exact) mass is 527 g/mol. The number of aromatic nitrogens is 1. The van der Waals surface area contributed by atoms with Crippen molar-refractivity contribution in [3.05, 3.63) is 51.8 Å². The van der Waals surface area contributed by atoms with E-state index in [0.717, 1.165) is 18.4 Å². The van der Waals surface area contributed by atoms with Crippen molar-refractivity contribution < 1.29 is 27.8 Å². The summed E-state index contributed by atoms with van der Waals surface area (Å²) in [5.41, 5.74) is 1.31. The first kappa shape index (κ1) is 25.4. The lowest BCUT2D eigenvalue weighted by atomic mass is 9.95. The fourth-order valence-electron chi connectivity index (χ4n) is 4.15. The predicted molar refractivity (Wildman–Crippen MR) is 126 cm³/mol. The molecule has 0 radical (unpaired) electrons. The average Bonchev–Trinajstić information content (AvgIpc) is 3.52. The van der Waals surface area contributed by atoms with Crippen LogP contribution in [-0.2, 0) is 16.1 Å². The van der Waals surface area contributed by atoms with E-state index in [1.807, 2.05) is 0 Å². The highest BCUT2D eigenvalue weighted by Crippen LogP contribution is 2.39. The summed E-state index contributed by atoms with van der Waals surface area (Å²) in [5, 5.41) is 3.46. The molecule has 0 spiro atoms. The maximum Gasteiger partial charge on any atom is 0.387 e. The summed E-state index contributed by atoms with van der Waals surface area (Å²) >= 11 is 12.3. The second-order valence-electron chi connectivity index (χ2n) is 8.76. The zero-order chi connectivity index (χ0) is 25.1. The molecule has 11 heteroatoms. The van der Waals surface area contributed by atoms with E-state index in [-0.39, 0.29) is 35.8 Å². The summed E-state index contributed by atoms with van der Waals surface area (Å²) in [4.78, 5) is 30.7. The first-order valence-electron chi connectivity index (χ1n) is 11.3. The van der Waals surface area contributed by atoms with Gasteiger partial charge in [-0.3, -0.25) is 14.6 Å². The third-order valence-corrected chi connectivity index (χ3v) is 6.88. The van der Waals surface area contributed by atoms with E-state index in [1.54, 1.807) is 12.1 Å². The van der Waals surface area contributed by atoms with Crippen molar-refractivity contribution in [3.8, 4) is 11.5 Å². The molecule has 2 amide bonds. The molecule has 1 N–H and O–H groups in total. The van der Waals surface area contributed by atoms with Gasteiger partial charge in [0.1, 0.15) is 6.04 Å². The van der Waals surface area contributed by atoms with Gasteiger partial charge in [-0.2, -0.15) is 8.78 Å². The molecular weight excluding hydrogens is 503 g/mol. The highest BCUT2D eigenvalue weighted by atomic mass is 35.5. The number of carbonyl (C=O) groups is 2. The van der Waals surface area contributed by atoms with E-state index in [1.165, 1.54) is 30.3 Å². The Labute approximate surface area is 211 Å². The van der Waals surface area contributed by atoms with Gasteiger partial charge in [0.2, 0.25) is 11.8 Å². The molecule has 1 aromatic heterocycles. The van der Waals surface area contributed by atoms with Crippen molar-refractivity contribution in [1.29, 1.82) is 0 Å². The quantitative estimate of drug-likeness (QED) is 0.506. The van der Waals surface area contributed by atoms with Crippen molar-refractivity contribution in [3.63, 3.8) is 0 Å². The van der Waals surface area contributed by atoms with Crippen molar-refractivity contribution >= 4 is 35.0 Å². The molecule has 1 unspecified atom stereocenters. The van der Waals surface area contributed by atoms with Crippen LogP contribution in [0.15, 0.2) is 30.6 Å². The SMILES string of the molecule is CC(=O)N1CC(c2ccc(OC(F)F)c(OCC3CC3)c2)C[C@@H]1C(=O)NCc1c(Cl)cncc1Cl. The van der Waals surface area contributed by atoms with Crippen molar-refractivity contribution in [2.45, 2.75) is 51.3 Å². The van der Waals surface area contributed by atoms with Crippen LogP contribution in [0.4, 0.5) is 8.78 Å². The molecule has 35 heavy (non-hydrogen) atoms. The minimum atomic E-state index is -2.97. The molecule has 0 bridgehead atoms. The molecule has 7 nitrogen and oxygen atoms in total. The number of pyridine rings is 1. The molecule has 4 rings (SSSR count). The summed E-state index contributed by atoms with van der Waals surface area (Å²) in [7, 11) is 0. The minimum absolute atomic E-state index is 0.0359. The average molecular weight is 528 g/mol. The number of nitrogens with one attached hydrogen (secondary N) is 1. The molecule has 2 fully saturated rings. The number of ether oxygens (including phenoxy) is 2. The fourth-order valence-corrected chi connectivity index (χ4v) is 4.65. The highest BCUT2D eigenvalue weighted by molar-refractivity contribution is 6.35. The van der Waals surface area contributed by atoms with Crippen LogP contribution >= 0.6 is 23.2 Å². The van der Waals surface area contributed by atoms with Crippen molar-refractivity contribution in [2.24, 2.45) is 5.92 Å². The Morgan fingerprint density at radius 3 is 2.54 bits per heavy atom. The number of hydrogen-bond donors (Lipinski definition) is 1. The molecule has 2 heterocycles. The number of carbonyl (C=O) groups excluding carboxylic acids is 2. The molecule has 188 valence electrons. The van der Waals surface area contributed by atoms with Crippen LogP contribution in [0.1, 0.15) is 43.2 Å². The van der Waals surface area contributed by atoms with E-state index in [0.29, 0.717) is 41.1 Å². The molecule has 2 aliphatic rings. The second-order valence-corrected chi connectivity index (χ2v) is 9.57. The second kappa shape index (κ2) is 11.0.